The average molecular weight is 351 g/mol. The van der Waals surface area contributed by atoms with Gasteiger partial charge < -0.3 is 24.4 Å². The first-order valence-electron chi connectivity index (χ1n) is 8.99. The van der Waals surface area contributed by atoms with E-state index < -0.39 is 0 Å². The number of amides is 1. The van der Waals surface area contributed by atoms with E-state index in [2.05, 4.69) is 11.4 Å². The minimum Gasteiger partial charge on any atom is -0.493 e. The zero-order valence-corrected chi connectivity index (χ0v) is 15.6. The van der Waals surface area contributed by atoms with Gasteiger partial charge in [-0.25, -0.2) is 0 Å². The molecule has 0 bridgehead atoms. The van der Waals surface area contributed by atoms with Gasteiger partial charge in [0.15, 0.2) is 11.5 Å². The second-order valence-corrected chi connectivity index (χ2v) is 6.53. The monoisotopic (exact) mass is 351 g/mol. The Hall–Kier alpha value is -1.79. The number of ether oxygens (including phenoxy) is 3. The summed E-state index contributed by atoms with van der Waals surface area (Å²) in [6.45, 7) is 4.37. The second-order valence-electron chi connectivity index (χ2n) is 6.53. The number of piperidine rings is 1. The standard InChI is InChI=1S/C19H30N2O4/c1-23-12-4-9-20-19(22)16-7-10-21(11-8-16)14-15-5-6-17(24-2)18(13-15)25-3/h5-6,13,16H,4,7-12,14H2,1-3H3,(H,20,22)/p+1. The van der Waals surface area contributed by atoms with Crippen molar-refractivity contribution >= 4 is 5.91 Å². The third kappa shape index (κ3) is 5.90. The number of quaternary nitrogens is 1. The van der Waals surface area contributed by atoms with E-state index in [4.69, 9.17) is 14.2 Å². The molecule has 0 spiro atoms. The molecule has 0 atom stereocenters. The largest absolute Gasteiger partial charge is 0.493 e. The van der Waals surface area contributed by atoms with Gasteiger partial charge >= 0.3 is 0 Å². The van der Waals surface area contributed by atoms with Crippen LogP contribution in [0.25, 0.3) is 0 Å². The number of hydrogen-bond donors (Lipinski definition) is 2. The number of nitrogens with one attached hydrogen (secondary N) is 2. The number of rotatable bonds is 9. The highest BCUT2D eigenvalue weighted by atomic mass is 16.5. The Kier molecular flexibility index (Phi) is 8.01. The summed E-state index contributed by atoms with van der Waals surface area (Å²) < 4.78 is 15.7. The number of methoxy groups -OCH3 is 3. The van der Waals surface area contributed by atoms with E-state index in [9.17, 15) is 4.79 Å². The summed E-state index contributed by atoms with van der Waals surface area (Å²) in [4.78, 5) is 13.7. The van der Waals surface area contributed by atoms with Crippen molar-refractivity contribution in [3.8, 4) is 11.5 Å². The molecule has 6 nitrogen and oxygen atoms in total. The summed E-state index contributed by atoms with van der Waals surface area (Å²) in [5.41, 5.74) is 1.23. The van der Waals surface area contributed by atoms with E-state index in [1.54, 1.807) is 21.3 Å². The lowest BCUT2D eigenvalue weighted by atomic mass is 9.95. The predicted octanol–water partition coefficient (Wildman–Crippen LogP) is 0.651. The highest BCUT2D eigenvalue weighted by Gasteiger charge is 2.27. The summed E-state index contributed by atoms with van der Waals surface area (Å²) in [5.74, 6) is 1.87. The molecule has 1 heterocycles. The molecular weight excluding hydrogens is 320 g/mol. The molecule has 1 saturated heterocycles. The number of carbonyl (C=O) groups is 1. The van der Waals surface area contributed by atoms with Gasteiger partial charge in [-0.1, -0.05) is 0 Å². The smallest absolute Gasteiger partial charge is 0.223 e. The third-order valence-corrected chi connectivity index (χ3v) is 4.79. The maximum absolute atomic E-state index is 12.2. The quantitative estimate of drug-likeness (QED) is 0.642. The van der Waals surface area contributed by atoms with Crippen LogP contribution in [-0.2, 0) is 16.1 Å². The number of hydrogen-bond acceptors (Lipinski definition) is 4. The van der Waals surface area contributed by atoms with Crippen molar-refractivity contribution in [1.82, 2.24) is 5.32 Å². The van der Waals surface area contributed by atoms with Crippen molar-refractivity contribution in [1.29, 1.82) is 0 Å². The minimum atomic E-state index is 0.150. The Balaban J connectivity index is 1.77. The molecule has 0 radical (unpaired) electrons. The van der Waals surface area contributed by atoms with Gasteiger partial charge in [0, 0.05) is 44.6 Å². The Labute approximate surface area is 150 Å². The van der Waals surface area contributed by atoms with Gasteiger partial charge in [0.2, 0.25) is 5.91 Å². The Morgan fingerprint density at radius 1 is 1.16 bits per heavy atom. The van der Waals surface area contributed by atoms with Crippen LogP contribution in [0.1, 0.15) is 24.8 Å². The number of likely N-dealkylation sites (tertiary alicyclic amines) is 1. The predicted molar refractivity (Wildman–Crippen MR) is 96.2 cm³/mol. The fraction of sp³-hybridized carbons (Fsp3) is 0.632. The van der Waals surface area contributed by atoms with Crippen molar-refractivity contribution < 1.29 is 23.9 Å². The molecule has 2 N–H and O–H groups in total. The molecule has 1 amide bonds. The van der Waals surface area contributed by atoms with Gasteiger partial charge in [-0.15, -0.1) is 0 Å². The molecule has 1 aliphatic rings. The lowest BCUT2D eigenvalue weighted by Gasteiger charge is -2.28. The van der Waals surface area contributed by atoms with Crippen LogP contribution in [0, 0.1) is 5.92 Å². The van der Waals surface area contributed by atoms with Crippen molar-refractivity contribution in [2.24, 2.45) is 5.92 Å². The summed E-state index contributed by atoms with van der Waals surface area (Å²) in [5, 5.41) is 3.02. The lowest BCUT2D eigenvalue weighted by molar-refractivity contribution is -0.919. The van der Waals surface area contributed by atoms with Gasteiger partial charge in [0.05, 0.1) is 27.3 Å². The molecule has 1 aliphatic heterocycles. The van der Waals surface area contributed by atoms with Gasteiger partial charge in [0.1, 0.15) is 6.54 Å². The molecule has 140 valence electrons. The second kappa shape index (κ2) is 10.3. The van der Waals surface area contributed by atoms with Crippen LogP contribution in [-0.4, -0.2) is 53.5 Å². The zero-order chi connectivity index (χ0) is 18.1. The zero-order valence-electron chi connectivity index (χ0n) is 15.6. The van der Waals surface area contributed by atoms with E-state index in [1.165, 1.54) is 10.5 Å². The molecule has 25 heavy (non-hydrogen) atoms. The van der Waals surface area contributed by atoms with Crippen molar-refractivity contribution in [3.63, 3.8) is 0 Å². The van der Waals surface area contributed by atoms with E-state index in [-0.39, 0.29) is 11.8 Å². The van der Waals surface area contributed by atoms with Gasteiger partial charge in [0.25, 0.3) is 0 Å². The fourth-order valence-corrected chi connectivity index (χ4v) is 3.32. The molecule has 0 aliphatic carbocycles. The van der Waals surface area contributed by atoms with Crippen molar-refractivity contribution in [2.45, 2.75) is 25.8 Å². The van der Waals surface area contributed by atoms with E-state index in [0.717, 1.165) is 50.4 Å². The van der Waals surface area contributed by atoms with Crippen LogP contribution in [0.2, 0.25) is 0 Å². The summed E-state index contributed by atoms with van der Waals surface area (Å²) in [6, 6.07) is 6.08. The summed E-state index contributed by atoms with van der Waals surface area (Å²) in [6.07, 6.45) is 2.75. The van der Waals surface area contributed by atoms with Crippen molar-refractivity contribution in [2.75, 3.05) is 47.6 Å². The molecule has 0 saturated carbocycles. The lowest BCUT2D eigenvalue weighted by Crippen LogP contribution is -3.11. The highest BCUT2D eigenvalue weighted by Crippen LogP contribution is 2.27. The van der Waals surface area contributed by atoms with Crippen LogP contribution in [0.4, 0.5) is 0 Å². The van der Waals surface area contributed by atoms with Crippen LogP contribution in [0.5, 0.6) is 11.5 Å². The van der Waals surface area contributed by atoms with Crippen molar-refractivity contribution in [3.05, 3.63) is 23.8 Å². The van der Waals surface area contributed by atoms with E-state index in [0.29, 0.717) is 13.2 Å². The van der Waals surface area contributed by atoms with Crippen LogP contribution < -0.4 is 19.7 Å². The van der Waals surface area contributed by atoms with Gasteiger partial charge in [-0.3, -0.25) is 4.79 Å². The molecule has 2 rings (SSSR count). The van der Waals surface area contributed by atoms with Crippen LogP contribution in [0.15, 0.2) is 18.2 Å². The molecule has 0 aromatic heterocycles. The molecular formula is C19H31N2O4+. The third-order valence-electron chi connectivity index (χ3n) is 4.79. The van der Waals surface area contributed by atoms with Crippen LogP contribution in [0.3, 0.4) is 0 Å². The SMILES string of the molecule is COCCCNC(=O)C1CC[NH+](Cc2ccc(OC)c(OC)c2)CC1. The van der Waals surface area contributed by atoms with E-state index in [1.807, 2.05) is 12.1 Å². The summed E-state index contributed by atoms with van der Waals surface area (Å²) in [7, 11) is 4.98. The first kappa shape index (κ1) is 19.5. The molecule has 6 heteroatoms. The highest BCUT2D eigenvalue weighted by molar-refractivity contribution is 5.78. The first-order chi connectivity index (χ1) is 12.2. The van der Waals surface area contributed by atoms with Gasteiger partial charge in [-0.05, 0) is 24.6 Å². The van der Waals surface area contributed by atoms with Crippen LogP contribution >= 0.6 is 0 Å². The molecule has 1 aromatic carbocycles. The first-order valence-corrected chi connectivity index (χ1v) is 8.99. The maximum atomic E-state index is 12.2. The van der Waals surface area contributed by atoms with Gasteiger partial charge in [-0.2, -0.15) is 0 Å². The maximum Gasteiger partial charge on any atom is 0.223 e. The Morgan fingerprint density at radius 3 is 2.52 bits per heavy atom. The van der Waals surface area contributed by atoms with E-state index >= 15 is 0 Å². The number of carbonyl (C=O) groups excluding carboxylic acids is 1. The normalized spacial score (nSPS) is 20.1. The molecule has 1 fully saturated rings. The molecule has 0 unspecified atom stereocenters. The number of benzene rings is 1. The topological polar surface area (TPSA) is 61.2 Å². The average Bonchev–Trinajstić information content (AvgIpc) is 2.65. The molecule has 1 aromatic rings. The minimum absolute atomic E-state index is 0.150. The fourth-order valence-electron chi connectivity index (χ4n) is 3.32. The Bertz CT molecular complexity index is 542. The summed E-state index contributed by atoms with van der Waals surface area (Å²) >= 11 is 0. The Morgan fingerprint density at radius 2 is 1.88 bits per heavy atom.